The van der Waals surface area contributed by atoms with Gasteiger partial charge in [0.05, 0.1) is 29.9 Å². The first-order chi connectivity index (χ1) is 19.1. The molecule has 3 aliphatic rings. The molecule has 2 bridgehead atoms. The number of nitrogens with zero attached hydrogens (tertiary/aromatic N) is 5. The van der Waals surface area contributed by atoms with Crippen LogP contribution in [0.1, 0.15) is 29.2 Å². The molecule has 3 aliphatic heterocycles. The zero-order valence-electron chi connectivity index (χ0n) is 20.8. The van der Waals surface area contributed by atoms with Crippen LogP contribution in [0, 0.1) is 11.3 Å². The van der Waals surface area contributed by atoms with Gasteiger partial charge in [-0.2, -0.15) is 5.26 Å². The van der Waals surface area contributed by atoms with Crippen LogP contribution in [-0.4, -0.2) is 57.3 Å². The van der Waals surface area contributed by atoms with Gasteiger partial charge in [0.1, 0.15) is 17.8 Å². The standard InChI is InChI=1S/C31H23N5O3/c32-16-24-22-13-7-8-14-23(22)26(17-33-24)36-30(38)28-25-15-21(35(28)31(36)39)18-34(25)29(37)27(19-9-3-1-4-10-19)20-11-5-2-6-12-20/h1-14,17,21,25,27-28H,15,18H2/t21?,25?,28-/m0/s1. The van der Waals surface area contributed by atoms with Gasteiger partial charge in [0, 0.05) is 17.3 Å². The summed E-state index contributed by atoms with van der Waals surface area (Å²) in [6.07, 6.45) is 1.99. The van der Waals surface area contributed by atoms with E-state index in [1.54, 1.807) is 34.1 Å². The molecule has 8 nitrogen and oxygen atoms in total. The molecule has 190 valence electrons. The predicted molar refractivity (Wildman–Crippen MR) is 144 cm³/mol. The number of amides is 4. The Morgan fingerprint density at radius 1 is 0.897 bits per heavy atom. The number of rotatable bonds is 4. The lowest BCUT2D eigenvalue weighted by molar-refractivity contribution is -0.136. The molecule has 1 aromatic heterocycles. The van der Waals surface area contributed by atoms with Gasteiger partial charge in [-0.3, -0.25) is 9.59 Å². The molecule has 3 aromatic carbocycles. The number of fused-ring (bicyclic) bond motifs is 6. The lowest BCUT2D eigenvalue weighted by Crippen LogP contribution is -2.55. The van der Waals surface area contributed by atoms with E-state index in [1.165, 1.54) is 11.1 Å². The number of hydrogen-bond donors (Lipinski definition) is 0. The Bertz CT molecular complexity index is 1640. The number of urea groups is 1. The Morgan fingerprint density at radius 3 is 2.15 bits per heavy atom. The molecule has 0 N–H and O–H groups in total. The maximum atomic E-state index is 14.2. The number of likely N-dealkylation sites (tertiary alicyclic amines) is 1. The van der Waals surface area contributed by atoms with Gasteiger partial charge in [-0.1, -0.05) is 84.9 Å². The summed E-state index contributed by atoms with van der Waals surface area (Å²) in [6, 6.07) is 26.7. The van der Waals surface area contributed by atoms with Gasteiger partial charge < -0.3 is 9.80 Å². The Balaban J connectivity index is 1.24. The quantitative estimate of drug-likeness (QED) is 0.384. The summed E-state index contributed by atoms with van der Waals surface area (Å²) in [6.45, 7) is 0.384. The molecule has 3 saturated heterocycles. The van der Waals surface area contributed by atoms with E-state index in [9.17, 15) is 19.6 Å². The zero-order valence-corrected chi connectivity index (χ0v) is 20.8. The summed E-state index contributed by atoms with van der Waals surface area (Å²) in [7, 11) is 0. The molecule has 3 atom stereocenters. The van der Waals surface area contributed by atoms with E-state index in [0.29, 0.717) is 29.4 Å². The van der Waals surface area contributed by atoms with Crippen molar-refractivity contribution in [3.05, 3.63) is 108 Å². The maximum Gasteiger partial charge on any atom is 0.332 e. The van der Waals surface area contributed by atoms with Crippen LogP contribution in [0.15, 0.2) is 91.1 Å². The van der Waals surface area contributed by atoms with Crippen molar-refractivity contribution in [2.75, 3.05) is 11.4 Å². The van der Waals surface area contributed by atoms with E-state index in [-0.39, 0.29) is 23.6 Å². The highest BCUT2D eigenvalue weighted by Gasteiger charge is 2.63. The average Bonchev–Trinajstić information content (AvgIpc) is 3.65. The molecule has 4 heterocycles. The SMILES string of the molecule is N#Cc1ncc(N2C(=O)[C@@H]3C4CC(CN4C(=O)C(c4ccccc4)c4ccccc4)N3C2=O)c2ccccc12. The second-order valence-corrected chi connectivity index (χ2v) is 10.2. The van der Waals surface area contributed by atoms with Crippen molar-refractivity contribution in [1.82, 2.24) is 14.8 Å². The second kappa shape index (κ2) is 8.77. The van der Waals surface area contributed by atoms with Crippen LogP contribution < -0.4 is 4.90 Å². The van der Waals surface area contributed by atoms with E-state index in [4.69, 9.17) is 0 Å². The molecule has 7 rings (SSSR count). The first-order valence-electron chi connectivity index (χ1n) is 12.9. The van der Waals surface area contributed by atoms with Gasteiger partial charge in [-0.05, 0) is 17.5 Å². The third kappa shape index (κ3) is 3.36. The van der Waals surface area contributed by atoms with Crippen LogP contribution in [0.2, 0.25) is 0 Å². The zero-order chi connectivity index (χ0) is 26.7. The molecule has 0 saturated carbocycles. The van der Waals surface area contributed by atoms with E-state index >= 15 is 0 Å². The lowest BCUT2D eigenvalue weighted by atomic mass is 9.89. The Kier molecular flexibility index (Phi) is 5.20. The highest BCUT2D eigenvalue weighted by molar-refractivity contribution is 6.25. The lowest BCUT2D eigenvalue weighted by Gasteiger charge is -2.37. The number of anilines is 1. The summed E-state index contributed by atoms with van der Waals surface area (Å²) in [4.78, 5) is 50.6. The van der Waals surface area contributed by atoms with Gasteiger partial charge in [-0.15, -0.1) is 0 Å². The monoisotopic (exact) mass is 513 g/mol. The minimum absolute atomic E-state index is 0.0660. The molecule has 39 heavy (non-hydrogen) atoms. The molecular weight excluding hydrogens is 490 g/mol. The summed E-state index contributed by atoms with van der Waals surface area (Å²) >= 11 is 0. The maximum absolute atomic E-state index is 14.2. The molecule has 8 heteroatoms. The van der Waals surface area contributed by atoms with Crippen molar-refractivity contribution in [3.63, 3.8) is 0 Å². The number of imide groups is 1. The van der Waals surface area contributed by atoms with Gasteiger partial charge >= 0.3 is 6.03 Å². The number of aromatic nitrogens is 1. The van der Waals surface area contributed by atoms with Crippen LogP contribution in [0.4, 0.5) is 10.5 Å². The van der Waals surface area contributed by atoms with E-state index in [0.717, 1.165) is 11.1 Å². The Morgan fingerprint density at radius 2 is 1.51 bits per heavy atom. The van der Waals surface area contributed by atoms with Crippen LogP contribution >= 0.6 is 0 Å². The van der Waals surface area contributed by atoms with Crippen molar-refractivity contribution in [1.29, 1.82) is 5.26 Å². The highest BCUT2D eigenvalue weighted by Crippen LogP contribution is 2.45. The molecule has 0 aliphatic carbocycles. The minimum Gasteiger partial charge on any atom is -0.334 e. The Hall–Kier alpha value is -5.03. The number of nitriles is 1. The van der Waals surface area contributed by atoms with Crippen LogP contribution in [0.25, 0.3) is 10.8 Å². The van der Waals surface area contributed by atoms with Crippen molar-refractivity contribution in [2.24, 2.45) is 0 Å². The van der Waals surface area contributed by atoms with E-state index < -0.39 is 24.0 Å². The number of hydrogen-bond acceptors (Lipinski definition) is 5. The second-order valence-electron chi connectivity index (χ2n) is 10.2. The molecular formula is C31H23N5O3. The van der Waals surface area contributed by atoms with Crippen molar-refractivity contribution in [3.8, 4) is 6.07 Å². The molecule has 0 spiro atoms. The number of carbonyl (C=O) groups is 3. The third-order valence-corrected chi connectivity index (χ3v) is 8.18. The molecule has 4 amide bonds. The van der Waals surface area contributed by atoms with Gasteiger partial charge in [0.2, 0.25) is 5.91 Å². The largest absolute Gasteiger partial charge is 0.334 e. The molecule has 4 aromatic rings. The fraction of sp³-hybridized carbons (Fsp3) is 0.194. The number of piperazine rings is 1. The highest BCUT2D eigenvalue weighted by atomic mass is 16.2. The first kappa shape index (κ1) is 23.1. The number of carbonyl (C=O) groups excluding carboxylic acids is 3. The predicted octanol–water partition coefficient (Wildman–Crippen LogP) is 4.06. The van der Waals surface area contributed by atoms with Crippen molar-refractivity contribution >= 4 is 34.3 Å². The summed E-state index contributed by atoms with van der Waals surface area (Å²) in [5, 5.41) is 10.7. The average molecular weight is 514 g/mol. The number of pyridine rings is 1. The topological polar surface area (TPSA) is 97.6 Å². The van der Waals surface area contributed by atoms with Gasteiger partial charge in [0.15, 0.2) is 0 Å². The normalized spacial score (nSPS) is 21.6. The summed E-state index contributed by atoms with van der Waals surface area (Å²) < 4.78 is 0. The fourth-order valence-electron chi connectivity index (χ4n) is 6.51. The van der Waals surface area contributed by atoms with Crippen molar-refractivity contribution < 1.29 is 14.4 Å². The molecule has 2 unspecified atom stereocenters. The van der Waals surface area contributed by atoms with Crippen LogP contribution in [-0.2, 0) is 9.59 Å². The molecule has 0 radical (unpaired) electrons. The Labute approximate surface area is 224 Å². The van der Waals surface area contributed by atoms with Gasteiger partial charge in [0.25, 0.3) is 5.91 Å². The van der Waals surface area contributed by atoms with Crippen LogP contribution in [0.5, 0.6) is 0 Å². The third-order valence-electron chi connectivity index (χ3n) is 8.18. The first-order valence-corrected chi connectivity index (χ1v) is 12.9. The summed E-state index contributed by atoms with van der Waals surface area (Å²) in [5.41, 5.74) is 2.37. The van der Waals surface area contributed by atoms with E-state index in [1.807, 2.05) is 60.7 Å². The van der Waals surface area contributed by atoms with Gasteiger partial charge in [-0.25, -0.2) is 14.7 Å². The van der Waals surface area contributed by atoms with Crippen LogP contribution in [0.3, 0.4) is 0 Å². The van der Waals surface area contributed by atoms with E-state index in [2.05, 4.69) is 11.1 Å². The van der Waals surface area contributed by atoms with Crippen molar-refractivity contribution in [2.45, 2.75) is 30.5 Å². The fourth-order valence-corrected chi connectivity index (χ4v) is 6.51. The summed E-state index contributed by atoms with van der Waals surface area (Å²) in [5.74, 6) is -0.934. The minimum atomic E-state index is -0.748. The molecule has 3 fully saturated rings. The smallest absolute Gasteiger partial charge is 0.332 e. The number of benzene rings is 3.